The highest BCUT2D eigenvalue weighted by molar-refractivity contribution is 6.33. The highest BCUT2D eigenvalue weighted by atomic mass is 35.5. The molecular weight excluding hydrogens is 357 g/mol. The van der Waals surface area contributed by atoms with Crippen LogP contribution >= 0.6 is 11.6 Å². The Kier molecular flexibility index (Phi) is 5.94. The third-order valence-corrected chi connectivity index (χ3v) is 5.08. The summed E-state index contributed by atoms with van der Waals surface area (Å²) in [6.07, 6.45) is 0.973. The molecule has 1 aliphatic rings. The monoisotopic (exact) mass is 379 g/mol. The van der Waals surface area contributed by atoms with Gasteiger partial charge in [-0.3, -0.25) is 4.79 Å². The molecule has 1 aromatic carbocycles. The maximum absolute atomic E-state index is 13.1. The van der Waals surface area contributed by atoms with Crippen LogP contribution in [0.2, 0.25) is 5.15 Å². The van der Waals surface area contributed by atoms with E-state index >= 15 is 0 Å². The summed E-state index contributed by atoms with van der Waals surface area (Å²) < 4.78 is 20.1. The Balaban J connectivity index is 1.79. The zero-order valence-electron chi connectivity index (χ0n) is 15.0. The van der Waals surface area contributed by atoms with Crippen molar-refractivity contribution in [1.29, 1.82) is 0 Å². The molecule has 3 rings (SSSR count). The molecule has 26 heavy (non-hydrogen) atoms. The van der Waals surface area contributed by atoms with Crippen LogP contribution in [0.15, 0.2) is 24.3 Å². The van der Waals surface area contributed by atoms with Crippen LogP contribution in [0.1, 0.15) is 35.0 Å². The van der Waals surface area contributed by atoms with Gasteiger partial charge in [0.15, 0.2) is 0 Å². The van der Waals surface area contributed by atoms with Gasteiger partial charge in [0.25, 0.3) is 5.91 Å². The first kappa shape index (κ1) is 18.9. The van der Waals surface area contributed by atoms with Crippen molar-refractivity contribution in [3.05, 3.63) is 52.1 Å². The zero-order valence-corrected chi connectivity index (χ0v) is 15.8. The van der Waals surface area contributed by atoms with Gasteiger partial charge in [0.05, 0.1) is 24.4 Å². The quantitative estimate of drug-likeness (QED) is 0.771. The van der Waals surface area contributed by atoms with E-state index in [1.54, 1.807) is 28.6 Å². The fourth-order valence-corrected chi connectivity index (χ4v) is 3.53. The van der Waals surface area contributed by atoms with Gasteiger partial charge in [-0.15, -0.1) is 0 Å². The maximum atomic E-state index is 13.1. The van der Waals surface area contributed by atoms with E-state index in [-0.39, 0.29) is 11.7 Å². The van der Waals surface area contributed by atoms with Crippen LogP contribution in [0.3, 0.4) is 0 Å². The molecule has 2 aromatic rings. The van der Waals surface area contributed by atoms with E-state index < -0.39 is 0 Å². The van der Waals surface area contributed by atoms with E-state index in [0.29, 0.717) is 48.6 Å². The highest BCUT2D eigenvalue weighted by Gasteiger charge is 2.27. The molecule has 1 unspecified atom stereocenters. The van der Waals surface area contributed by atoms with Gasteiger partial charge in [-0.1, -0.05) is 23.7 Å². The number of rotatable bonds is 6. The second-order valence-electron chi connectivity index (χ2n) is 6.61. The van der Waals surface area contributed by atoms with Crippen LogP contribution in [-0.2, 0) is 11.3 Å². The molecule has 5 nitrogen and oxygen atoms in total. The van der Waals surface area contributed by atoms with Crippen LogP contribution in [0.4, 0.5) is 4.39 Å². The van der Waals surface area contributed by atoms with Crippen molar-refractivity contribution in [3.8, 4) is 0 Å². The number of aromatic nitrogens is 2. The topological polar surface area (TPSA) is 47.4 Å². The molecule has 0 aliphatic carbocycles. The molecule has 7 heteroatoms. The molecule has 140 valence electrons. The molecule has 1 aliphatic heterocycles. The van der Waals surface area contributed by atoms with Crippen LogP contribution in [-0.4, -0.2) is 46.9 Å². The smallest absolute Gasteiger partial charge is 0.258 e. The van der Waals surface area contributed by atoms with Crippen LogP contribution in [0, 0.1) is 18.7 Å². The Morgan fingerprint density at radius 2 is 2.15 bits per heavy atom. The SMILES string of the molecule is CCN(CC1CCOC1)C(=O)c1c(C)nn(Cc2ccc(F)cc2)c1Cl. The number of hydrogen-bond donors (Lipinski definition) is 0. The van der Waals surface area contributed by atoms with Gasteiger partial charge in [0, 0.05) is 25.6 Å². The molecule has 0 bridgehead atoms. The van der Waals surface area contributed by atoms with Crippen molar-refractivity contribution < 1.29 is 13.9 Å². The van der Waals surface area contributed by atoms with Crippen molar-refractivity contribution in [2.75, 3.05) is 26.3 Å². The van der Waals surface area contributed by atoms with E-state index in [4.69, 9.17) is 16.3 Å². The number of halogens is 2. The first-order valence-electron chi connectivity index (χ1n) is 8.84. The second kappa shape index (κ2) is 8.18. The molecule has 1 atom stereocenters. The fourth-order valence-electron chi connectivity index (χ4n) is 3.22. The summed E-state index contributed by atoms with van der Waals surface area (Å²) in [7, 11) is 0. The number of nitrogens with zero attached hydrogens (tertiary/aromatic N) is 3. The minimum Gasteiger partial charge on any atom is -0.381 e. The fraction of sp³-hybridized carbons (Fsp3) is 0.474. The van der Waals surface area contributed by atoms with Crippen molar-refractivity contribution in [1.82, 2.24) is 14.7 Å². The molecule has 1 saturated heterocycles. The minimum absolute atomic E-state index is 0.104. The summed E-state index contributed by atoms with van der Waals surface area (Å²) >= 11 is 6.48. The lowest BCUT2D eigenvalue weighted by atomic mass is 10.1. The first-order valence-corrected chi connectivity index (χ1v) is 9.21. The molecular formula is C19H23ClFN3O2. The number of benzene rings is 1. The van der Waals surface area contributed by atoms with E-state index in [9.17, 15) is 9.18 Å². The largest absolute Gasteiger partial charge is 0.381 e. The third-order valence-electron chi connectivity index (χ3n) is 4.70. The van der Waals surface area contributed by atoms with Gasteiger partial charge < -0.3 is 9.64 Å². The van der Waals surface area contributed by atoms with Crippen molar-refractivity contribution in [2.24, 2.45) is 5.92 Å². The number of aryl methyl sites for hydroxylation is 1. The summed E-state index contributed by atoms with van der Waals surface area (Å²) in [5, 5.41) is 4.73. The average molecular weight is 380 g/mol. The third kappa shape index (κ3) is 4.07. The van der Waals surface area contributed by atoms with E-state index in [0.717, 1.165) is 18.6 Å². The Hall–Kier alpha value is -1.92. The van der Waals surface area contributed by atoms with E-state index in [1.165, 1.54) is 12.1 Å². The van der Waals surface area contributed by atoms with E-state index in [2.05, 4.69) is 5.10 Å². The molecule has 0 N–H and O–H groups in total. The first-order chi connectivity index (χ1) is 12.5. The molecule has 1 amide bonds. The zero-order chi connectivity index (χ0) is 18.7. The van der Waals surface area contributed by atoms with Crippen molar-refractivity contribution >= 4 is 17.5 Å². The molecule has 2 heterocycles. The highest BCUT2D eigenvalue weighted by Crippen LogP contribution is 2.24. The lowest BCUT2D eigenvalue weighted by Gasteiger charge is -2.23. The van der Waals surface area contributed by atoms with Gasteiger partial charge in [-0.2, -0.15) is 5.10 Å². The standard InChI is InChI=1S/C19H23ClFN3O2/c1-3-23(10-15-8-9-26-12-15)19(25)17-13(2)22-24(18(17)20)11-14-4-6-16(21)7-5-14/h4-7,15H,3,8-12H2,1-2H3. The number of hydrogen-bond acceptors (Lipinski definition) is 3. The predicted molar refractivity (Wildman–Crippen MR) is 98.0 cm³/mol. The van der Waals surface area contributed by atoms with Gasteiger partial charge >= 0.3 is 0 Å². The lowest BCUT2D eigenvalue weighted by Crippen LogP contribution is -2.35. The number of ether oxygens (including phenoxy) is 1. The van der Waals surface area contributed by atoms with Crippen LogP contribution in [0.5, 0.6) is 0 Å². The minimum atomic E-state index is -0.290. The van der Waals surface area contributed by atoms with Gasteiger partial charge in [-0.25, -0.2) is 9.07 Å². The maximum Gasteiger partial charge on any atom is 0.258 e. The normalized spacial score (nSPS) is 16.8. The summed E-state index contributed by atoms with van der Waals surface area (Å²) in [6.45, 7) is 6.84. The van der Waals surface area contributed by atoms with Gasteiger partial charge in [0.2, 0.25) is 0 Å². The van der Waals surface area contributed by atoms with Crippen molar-refractivity contribution in [3.63, 3.8) is 0 Å². The van der Waals surface area contributed by atoms with Gasteiger partial charge in [-0.05, 0) is 38.0 Å². The Morgan fingerprint density at radius 1 is 1.42 bits per heavy atom. The average Bonchev–Trinajstić information content (AvgIpc) is 3.22. The second-order valence-corrected chi connectivity index (χ2v) is 6.97. The summed E-state index contributed by atoms with van der Waals surface area (Å²) in [5.74, 6) is -0.0265. The molecule has 0 spiro atoms. The van der Waals surface area contributed by atoms with Crippen LogP contribution < -0.4 is 0 Å². The molecule has 1 aromatic heterocycles. The summed E-state index contributed by atoms with van der Waals surface area (Å²) in [5.41, 5.74) is 1.91. The lowest BCUT2D eigenvalue weighted by molar-refractivity contribution is 0.0730. The number of carbonyl (C=O) groups excluding carboxylic acids is 1. The summed E-state index contributed by atoms with van der Waals surface area (Å²) in [6, 6.07) is 6.16. The molecule has 1 fully saturated rings. The number of amides is 1. The van der Waals surface area contributed by atoms with Gasteiger partial charge in [0.1, 0.15) is 11.0 Å². The van der Waals surface area contributed by atoms with E-state index in [1.807, 2.05) is 6.92 Å². The van der Waals surface area contributed by atoms with Crippen LogP contribution in [0.25, 0.3) is 0 Å². The van der Waals surface area contributed by atoms with Crippen molar-refractivity contribution in [2.45, 2.75) is 26.8 Å². The Bertz CT molecular complexity index is 770. The predicted octanol–water partition coefficient (Wildman–Crippen LogP) is 3.53. The summed E-state index contributed by atoms with van der Waals surface area (Å²) in [4.78, 5) is 14.8. The Labute approximate surface area is 157 Å². The molecule has 0 saturated carbocycles. The molecule has 0 radical (unpaired) electrons. The Morgan fingerprint density at radius 3 is 2.77 bits per heavy atom. The number of carbonyl (C=O) groups is 1.